The van der Waals surface area contributed by atoms with Crippen LogP contribution in [0, 0.1) is 0 Å². The van der Waals surface area contributed by atoms with Crippen molar-refractivity contribution in [2.75, 3.05) is 0 Å². The van der Waals surface area contributed by atoms with E-state index in [9.17, 15) is 9.59 Å². The van der Waals surface area contributed by atoms with Crippen LogP contribution in [0.2, 0.25) is 5.02 Å². The van der Waals surface area contributed by atoms with E-state index < -0.39 is 0 Å². The molecule has 0 bridgehead atoms. The molecular weight excluding hydrogens is 338 g/mol. The van der Waals surface area contributed by atoms with E-state index in [1.54, 1.807) is 12.1 Å². The number of hydrogen-bond acceptors (Lipinski definition) is 3. The van der Waals surface area contributed by atoms with Crippen molar-refractivity contribution in [3.8, 4) is 11.3 Å². The molecule has 0 aliphatic rings. The molecule has 5 nitrogen and oxygen atoms in total. The van der Waals surface area contributed by atoms with E-state index in [0.717, 1.165) is 11.1 Å². The van der Waals surface area contributed by atoms with E-state index in [-0.39, 0.29) is 18.0 Å². The fourth-order valence-electron chi connectivity index (χ4n) is 2.32. The first kappa shape index (κ1) is 16.9. The highest BCUT2D eigenvalue weighted by Crippen LogP contribution is 2.13. The molecule has 0 fully saturated rings. The molecule has 2 aromatic carbocycles. The molecule has 1 N–H and O–H groups in total. The van der Waals surface area contributed by atoms with E-state index in [0.29, 0.717) is 17.3 Å². The van der Waals surface area contributed by atoms with Gasteiger partial charge in [-0.25, -0.2) is 4.98 Å². The number of amides is 1. The van der Waals surface area contributed by atoms with Gasteiger partial charge < -0.3 is 5.32 Å². The van der Waals surface area contributed by atoms with E-state index in [2.05, 4.69) is 10.3 Å². The van der Waals surface area contributed by atoms with Crippen LogP contribution in [-0.4, -0.2) is 15.5 Å². The molecule has 0 spiro atoms. The maximum absolute atomic E-state index is 12.2. The zero-order valence-electron chi connectivity index (χ0n) is 13.4. The van der Waals surface area contributed by atoms with Crippen LogP contribution in [0.25, 0.3) is 11.3 Å². The van der Waals surface area contributed by atoms with Gasteiger partial charge in [0, 0.05) is 23.2 Å². The number of hydrogen-bond donors (Lipinski definition) is 1. The van der Waals surface area contributed by atoms with Crippen LogP contribution in [0.4, 0.5) is 0 Å². The van der Waals surface area contributed by atoms with Crippen molar-refractivity contribution in [2.24, 2.45) is 0 Å². The third kappa shape index (κ3) is 4.55. The van der Waals surface area contributed by atoms with Gasteiger partial charge >= 0.3 is 0 Å². The number of carbonyl (C=O) groups is 1. The Balaban J connectivity index is 1.63. The average molecular weight is 354 g/mol. The number of benzene rings is 2. The first-order valence-corrected chi connectivity index (χ1v) is 8.13. The van der Waals surface area contributed by atoms with Crippen LogP contribution < -0.4 is 10.9 Å². The lowest BCUT2D eigenvalue weighted by molar-refractivity contribution is -0.121. The summed E-state index contributed by atoms with van der Waals surface area (Å²) in [4.78, 5) is 28.5. The normalized spacial score (nSPS) is 10.4. The Hall–Kier alpha value is -2.92. The zero-order valence-corrected chi connectivity index (χ0v) is 14.1. The van der Waals surface area contributed by atoms with Gasteiger partial charge in [0.25, 0.3) is 5.56 Å². The molecule has 1 amide bonds. The van der Waals surface area contributed by atoms with Crippen molar-refractivity contribution >= 4 is 17.5 Å². The molecule has 3 rings (SSSR count). The largest absolute Gasteiger partial charge is 0.350 e. The predicted octanol–water partition coefficient (Wildman–Crippen LogP) is 2.88. The van der Waals surface area contributed by atoms with Crippen molar-refractivity contribution in [1.29, 1.82) is 0 Å². The second-order valence-corrected chi connectivity index (χ2v) is 5.95. The van der Waals surface area contributed by atoms with E-state index in [1.165, 1.54) is 17.0 Å². The molecule has 0 saturated heterocycles. The van der Waals surface area contributed by atoms with Crippen LogP contribution in [0.3, 0.4) is 0 Å². The van der Waals surface area contributed by atoms with E-state index in [1.807, 2.05) is 42.5 Å². The van der Waals surface area contributed by atoms with Crippen LogP contribution in [0.5, 0.6) is 0 Å². The zero-order chi connectivity index (χ0) is 17.6. The lowest BCUT2D eigenvalue weighted by Gasteiger charge is -2.08. The fraction of sp³-hybridized carbons (Fsp3) is 0.105. The van der Waals surface area contributed by atoms with E-state index in [4.69, 9.17) is 11.6 Å². The Morgan fingerprint density at radius 1 is 1.08 bits per heavy atom. The van der Waals surface area contributed by atoms with Gasteiger partial charge in [-0.1, -0.05) is 54.1 Å². The first-order chi connectivity index (χ1) is 12.1. The van der Waals surface area contributed by atoms with Crippen molar-refractivity contribution < 1.29 is 4.79 Å². The molecule has 25 heavy (non-hydrogen) atoms. The molecule has 1 aromatic heterocycles. The molecule has 0 atom stereocenters. The van der Waals surface area contributed by atoms with Crippen LogP contribution in [0.15, 0.2) is 71.8 Å². The maximum atomic E-state index is 12.2. The molecule has 0 unspecified atom stereocenters. The molecule has 0 aliphatic carbocycles. The van der Waals surface area contributed by atoms with Gasteiger partial charge in [0.15, 0.2) is 0 Å². The third-order valence-corrected chi connectivity index (χ3v) is 3.92. The smallest absolute Gasteiger partial charge is 0.254 e. The van der Waals surface area contributed by atoms with Crippen molar-refractivity contribution in [2.45, 2.75) is 13.1 Å². The minimum absolute atomic E-state index is 0.0749. The number of halogens is 1. The van der Waals surface area contributed by atoms with Crippen molar-refractivity contribution in [3.05, 3.63) is 87.9 Å². The number of carbonyl (C=O) groups excluding carboxylic acids is 1. The van der Waals surface area contributed by atoms with Gasteiger partial charge in [-0.15, -0.1) is 0 Å². The monoisotopic (exact) mass is 353 g/mol. The summed E-state index contributed by atoms with van der Waals surface area (Å²) in [7, 11) is 0. The Kier molecular flexibility index (Phi) is 5.26. The summed E-state index contributed by atoms with van der Waals surface area (Å²) in [5, 5.41) is 3.42. The second kappa shape index (κ2) is 7.77. The second-order valence-electron chi connectivity index (χ2n) is 5.51. The van der Waals surface area contributed by atoms with Crippen LogP contribution in [-0.2, 0) is 17.9 Å². The van der Waals surface area contributed by atoms with Gasteiger partial charge in [0.1, 0.15) is 6.54 Å². The Bertz CT molecular complexity index is 921. The van der Waals surface area contributed by atoms with Gasteiger partial charge in [-0.3, -0.25) is 14.2 Å². The maximum Gasteiger partial charge on any atom is 0.254 e. The van der Waals surface area contributed by atoms with Crippen LogP contribution in [0.1, 0.15) is 5.56 Å². The minimum Gasteiger partial charge on any atom is -0.350 e. The molecule has 1 heterocycles. The van der Waals surface area contributed by atoms with Gasteiger partial charge in [0.05, 0.1) is 12.0 Å². The topological polar surface area (TPSA) is 64.0 Å². The molecular formula is C19H16ClN3O2. The lowest BCUT2D eigenvalue weighted by atomic mass is 10.1. The summed E-state index contributed by atoms with van der Waals surface area (Å²) >= 11 is 5.82. The quantitative estimate of drug-likeness (QED) is 0.767. The number of nitrogens with one attached hydrogen (secondary N) is 1. The average Bonchev–Trinajstić information content (AvgIpc) is 2.64. The van der Waals surface area contributed by atoms with Crippen molar-refractivity contribution in [1.82, 2.24) is 14.9 Å². The van der Waals surface area contributed by atoms with Gasteiger partial charge in [-0.05, 0) is 17.7 Å². The molecule has 0 saturated carbocycles. The number of nitrogens with zero attached hydrogens (tertiary/aromatic N) is 2. The molecule has 6 heteroatoms. The Labute approximate surface area is 149 Å². The standard InChI is InChI=1S/C19H16ClN3O2/c20-16-8-6-14(7-9-16)11-21-18(24)12-23-13-22-17(10-19(23)25)15-4-2-1-3-5-15/h1-10,13H,11-12H2,(H,21,24). The summed E-state index contributed by atoms with van der Waals surface area (Å²) in [5.41, 5.74) is 2.11. The Morgan fingerprint density at radius 3 is 2.48 bits per heavy atom. The van der Waals surface area contributed by atoms with Crippen molar-refractivity contribution in [3.63, 3.8) is 0 Å². The van der Waals surface area contributed by atoms with Gasteiger partial charge in [-0.2, -0.15) is 0 Å². The minimum atomic E-state index is -0.268. The number of aromatic nitrogens is 2. The SMILES string of the molecule is O=C(Cn1cnc(-c2ccccc2)cc1=O)NCc1ccc(Cl)cc1. The highest BCUT2D eigenvalue weighted by Gasteiger charge is 2.07. The highest BCUT2D eigenvalue weighted by atomic mass is 35.5. The lowest BCUT2D eigenvalue weighted by Crippen LogP contribution is -2.31. The molecule has 0 radical (unpaired) electrons. The summed E-state index contributed by atoms with van der Waals surface area (Å²) in [6.07, 6.45) is 1.40. The fourth-order valence-corrected chi connectivity index (χ4v) is 2.45. The highest BCUT2D eigenvalue weighted by molar-refractivity contribution is 6.30. The summed E-state index contributed by atoms with van der Waals surface area (Å²) in [6, 6.07) is 18.1. The summed E-state index contributed by atoms with van der Waals surface area (Å²) < 4.78 is 1.28. The summed E-state index contributed by atoms with van der Waals surface area (Å²) in [6.45, 7) is 0.300. The van der Waals surface area contributed by atoms with Crippen LogP contribution >= 0.6 is 11.6 Å². The summed E-state index contributed by atoms with van der Waals surface area (Å²) in [5.74, 6) is -0.258. The Morgan fingerprint density at radius 2 is 1.80 bits per heavy atom. The number of rotatable bonds is 5. The van der Waals surface area contributed by atoms with E-state index >= 15 is 0 Å². The predicted molar refractivity (Wildman–Crippen MR) is 97.2 cm³/mol. The van der Waals surface area contributed by atoms with Gasteiger partial charge in [0.2, 0.25) is 5.91 Å². The molecule has 3 aromatic rings. The first-order valence-electron chi connectivity index (χ1n) is 7.75. The molecule has 0 aliphatic heterocycles. The molecule has 126 valence electrons. The third-order valence-electron chi connectivity index (χ3n) is 3.67.